The number of hydrogen-bond acceptors (Lipinski definition) is 2. The first-order valence-corrected chi connectivity index (χ1v) is 5.68. The third-order valence-electron chi connectivity index (χ3n) is 2.19. The molecular weight excluding hydrogens is 233 g/mol. The van der Waals surface area contributed by atoms with Crippen LogP contribution in [0.1, 0.15) is 12.5 Å². The van der Waals surface area contributed by atoms with Gasteiger partial charge in [0, 0.05) is 6.04 Å². The minimum Gasteiger partial charge on any atom is -0.395 e. The van der Waals surface area contributed by atoms with Gasteiger partial charge in [0.15, 0.2) is 0 Å². The van der Waals surface area contributed by atoms with Gasteiger partial charge in [0.05, 0.1) is 16.7 Å². The molecule has 2 nitrogen and oxygen atoms in total. The summed E-state index contributed by atoms with van der Waals surface area (Å²) in [5.74, 6) is 0. The Bertz CT molecular complexity index is 317. The van der Waals surface area contributed by atoms with E-state index in [-0.39, 0.29) is 12.6 Å². The van der Waals surface area contributed by atoms with Crippen molar-refractivity contribution >= 4 is 23.2 Å². The van der Waals surface area contributed by atoms with E-state index in [4.69, 9.17) is 28.3 Å². The van der Waals surface area contributed by atoms with Gasteiger partial charge >= 0.3 is 0 Å². The van der Waals surface area contributed by atoms with E-state index < -0.39 is 0 Å². The first-order valence-electron chi connectivity index (χ1n) is 4.92. The van der Waals surface area contributed by atoms with Crippen molar-refractivity contribution in [2.45, 2.75) is 19.4 Å². The Morgan fingerprint density at radius 1 is 1.40 bits per heavy atom. The van der Waals surface area contributed by atoms with Crippen molar-refractivity contribution in [3.63, 3.8) is 0 Å². The van der Waals surface area contributed by atoms with Crippen LogP contribution in [0.5, 0.6) is 0 Å². The van der Waals surface area contributed by atoms with Crippen molar-refractivity contribution in [3.05, 3.63) is 33.8 Å². The van der Waals surface area contributed by atoms with Crippen LogP contribution in [0.15, 0.2) is 18.2 Å². The van der Waals surface area contributed by atoms with Crippen molar-refractivity contribution in [2.24, 2.45) is 0 Å². The Hall–Kier alpha value is -0.280. The number of benzene rings is 1. The van der Waals surface area contributed by atoms with E-state index in [1.165, 1.54) is 0 Å². The predicted molar refractivity (Wildman–Crippen MR) is 64.7 cm³/mol. The number of halogens is 2. The lowest BCUT2D eigenvalue weighted by Crippen LogP contribution is -2.31. The standard InChI is InChI=1S/C11H15Cl2NO/c1-8(7-15)14-6-5-9-3-2-4-10(12)11(9)13/h2-4,8,14-15H,5-7H2,1H3. The van der Waals surface area contributed by atoms with Gasteiger partial charge in [-0.3, -0.25) is 0 Å². The smallest absolute Gasteiger partial charge is 0.0624 e. The van der Waals surface area contributed by atoms with Gasteiger partial charge in [-0.15, -0.1) is 0 Å². The largest absolute Gasteiger partial charge is 0.395 e. The van der Waals surface area contributed by atoms with Gasteiger partial charge in [-0.2, -0.15) is 0 Å². The molecule has 0 aliphatic heterocycles. The molecule has 1 aromatic carbocycles. The molecule has 84 valence electrons. The SMILES string of the molecule is CC(CO)NCCc1cccc(Cl)c1Cl. The minimum atomic E-state index is 0.114. The molecule has 1 unspecified atom stereocenters. The maximum atomic E-state index is 8.82. The van der Waals surface area contributed by atoms with Crippen LogP contribution < -0.4 is 5.32 Å². The second-order valence-corrected chi connectivity index (χ2v) is 4.29. The van der Waals surface area contributed by atoms with Crippen molar-refractivity contribution < 1.29 is 5.11 Å². The summed E-state index contributed by atoms with van der Waals surface area (Å²) >= 11 is 11.9. The molecule has 0 spiro atoms. The van der Waals surface area contributed by atoms with Crippen LogP contribution in [0.2, 0.25) is 10.0 Å². The maximum absolute atomic E-state index is 8.82. The van der Waals surface area contributed by atoms with E-state index in [2.05, 4.69) is 5.32 Å². The molecule has 1 atom stereocenters. The number of nitrogens with one attached hydrogen (secondary N) is 1. The van der Waals surface area contributed by atoms with Crippen LogP contribution in [-0.2, 0) is 6.42 Å². The van der Waals surface area contributed by atoms with E-state index in [0.29, 0.717) is 10.0 Å². The molecule has 0 radical (unpaired) electrons. The number of hydrogen-bond donors (Lipinski definition) is 2. The topological polar surface area (TPSA) is 32.3 Å². The van der Waals surface area contributed by atoms with Gasteiger partial charge in [-0.25, -0.2) is 0 Å². The van der Waals surface area contributed by atoms with Crippen LogP contribution >= 0.6 is 23.2 Å². The molecule has 0 heterocycles. The summed E-state index contributed by atoms with van der Waals surface area (Å²) in [5.41, 5.74) is 1.03. The monoisotopic (exact) mass is 247 g/mol. The van der Waals surface area contributed by atoms with Gasteiger partial charge < -0.3 is 10.4 Å². The second kappa shape index (κ2) is 6.33. The highest BCUT2D eigenvalue weighted by Crippen LogP contribution is 2.25. The lowest BCUT2D eigenvalue weighted by atomic mass is 10.1. The zero-order chi connectivity index (χ0) is 11.3. The predicted octanol–water partition coefficient (Wildman–Crippen LogP) is 2.51. The van der Waals surface area contributed by atoms with E-state index in [1.54, 1.807) is 6.07 Å². The third-order valence-corrected chi connectivity index (χ3v) is 3.05. The Labute approximate surface area is 100 Å². The van der Waals surface area contributed by atoms with Crippen LogP contribution in [0.4, 0.5) is 0 Å². The van der Waals surface area contributed by atoms with Crippen LogP contribution in [0, 0.1) is 0 Å². The molecule has 1 rings (SSSR count). The molecule has 0 bridgehead atoms. The first kappa shape index (κ1) is 12.8. The average molecular weight is 248 g/mol. The minimum absolute atomic E-state index is 0.114. The summed E-state index contributed by atoms with van der Waals surface area (Å²) in [5, 5.41) is 13.2. The molecule has 0 fully saturated rings. The molecule has 0 aliphatic rings. The van der Waals surface area contributed by atoms with Gasteiger partial charge in [-0.05, 0) is 31.5 Å². The van der Waals surface area contributed by atoms with Crippen molar-refractivity contribution in [3.8, 4) is 0 Å². The Morgan fingerprint density at radius 2 is 2.13 bits per heavy atom. The summed E-state index contributed by atoms with van der Waals surface area (Å²) in [6.07, 6.45) is 0.809. The second-order valence-electron chi connectivity index (χ2n) is 3.50. The first-order chi connectivity index (χ1) is 7.15. The summed E-state index contributed by atoms with van der Waals surface area (Å²) in [6.45, 7) is 2.85. The van der Waals surface area contributed by atoms with Gasteiger partial charge in [0.1, 0.15) is 0 Å². The molecule has 0 saturated carbocycles. The molecule has 15 heavy (non-hydrogen) atoms. The molecule has 4 heteroatoms. The zero-order valence-corrected chi connectivity index (χ0v) is 10.1. The molecule has 0 aliphatic carbocycles. The van der Waals surface area contributed by atoms with Crippen molar-refractivity contribution in [2.75, 3.05) is 13.2 Å². The number of aliphatic hydroxyl groups is 1. The lowest BCUT2D eigenvalue weighted by Gasteiger charge is -2.11. The van der Waals surface area contributed by atoms with Gasteiger partial charge in [0.2, 0.25) is 0 Å². The lowest BCUT2D eigenvalue weighted by molar-refractivity contribution is 0.252. The van der Waals surface area contributed by atoms with E-state index in [1.807, 2.05) is 19.1 Å². The Kier molecular flexibility index (Phi) is 5.40. The summed E-state index contributed by atoms with van der Waals surface area (Å²) < 4.78 is 0. The fourth-order valence-corrected chi connectivity index (χ4v) is 1.67. The van der Waals surface area contributed by atoms with E-state index >= 15 is 0 Å². The van der Waals surface area contributed by atoms with Crippen LogP contribution in [0.25, 0.3) is 0 Å². The van der Waals surface area contributed by atoms with Crippen molar-refractivity contribution in [1.29, 1.82) is 0 Å². The summed E-state index contributed by atoms with van der Waals surface area (Å²) in [6, 6.07) is 5.73. The molecule has 0 aromatic heterocycles. The summed E-state index contributed by atoms with van der Waals surface area (Å²) in [7, 11) is 0. The van der Waals surface area contributed by atoms with Gasteiger partial charge in [-0.1, -0.05) is 35.3 Å². The quantitative estimate of drug-likeness (QED) is 0.839. The molecule has 0 amide bonds. The maximum Gasteiger partial charge on any atom is 0.0624 e. The highest BCUT2D eigenvalue weighted by Gasteiger charge is 2.04. The highest BCUT2D eigenvalue weighted by atomic mass is 35.5. The number of rotatable bonds is 5. The number of aliphatic hydroxyl groups excluding tert-OH is 1. The van der Waals surface area contributed by atoms with E-state index in [0.717, 1.165) is 18.5 Å². The van der Waals surface area contributed by atoms with Crippen LogP contribution in [-0.4, -0.2) is 24.3 Å². The Balaban J connectivity index is 2.47. The molecule has 0 saturated heterocycles. The van der Waals surface area contributed by atoms with Crippen LogP contribution in [0.3, 0.4) is 0 Å². The van der Waals surface area contributed by atoms with Gasteiger partial charge in [0.25, 0.3) is 0 Å². The zero-order valence-electron chi connectivity index (χ0n) is 8.63. The molecule has 1 aromatic rings. The molecule has 2 N–H and O–H groups in total. The Morgan fingerprint density at radius 3 is 2.80 bits per heavy atom. The third kappa shape index (κ3) is 3.99. The fraction of sp³-hybridized carbons (Fsp3) is 0.455. The molecular formula is C11H15Cl2NO. The highest BCUT2D eigenvalue weighted by molar-refractivity contribution is 6.42. The van der Waals surface area contributed by atoms with Crippen molar-refractivity contribution in [1.82, 2.24) is 5.32 Å². The van der Waals surface area contributed by atoms with E-state index in [9.17, 15) is 0 Å². The summed E-state index contributed by atoms with van der Waals surface area (Å²) in [4.78, 5) is 0. The normalized spacial score (nSPS) is 12.8. The average Bonchev–Trinajstić information content (AvgIpc) is 2.24. The fourth-order valence-electron chi connectivity index (χ4n) is 1.26.